The van der Waals surface area contributed by atoms with Gasteiger partial charge in [0.05, 0.1) is 17.1 Å². The van der Waals surface area contributed by atoms with Crippen molar-refractivity contribution < 1.29 is 9.84 Å². The molecule has 0 amide bonds. The Balaban J connectivity index is 1.99. The fourth-order valence-corrected chi connectivity index (χ4v) is 2.34. The van der Waals surface area contributed by atoms with E-state index in [0.29, 0.717) is 5.82 Å². The molecule has 0 saturated carbocycles. The zero-order valence-electron chi connectivity index (χ0n) is 12.1. The average molecular weight is 282 g/mol. The van der Waals surface area contributed by atoms with Crippen molar-refractivity contribution in [3.05, 3.63) is 48.3 Å². The number of H-pyrrole nitrogens is 1. The van der Waals surface area contributed by atoms with E-state index in [4.69, 9.17) is 9.84 Å². The van der Waals surface area contributed by atoms with Gasteiger partial charge in [-0.15, -0.1) is 0 Å². The molecule has 108 valence electrons. The predicted octanol–water partition coefficient (Wildman–Crippen LogP) is 3.51. The van der Waals surface area contributed by atoms with Crippen molar-refractivity contribution in [2.75, 3.05) is 0 Å². The number of aromatic amines is 1. The molecule has 0 unspecified atom stereocenters. The number of aromatic nitrogens is 2. The van der Waals surface area contributed by atoms with Gasteiger partial charge < -0.3 is 14.8 Å². The van der Waals surface area contributed by atoms with Crippen LogP contribution in [0.25, 0.3) is 22.2 Å². The Morgan fingerprint density at radius 1 is 1.14 bits per heavy atom. The minimum Gasteiger partial charge on any atom is -0.491 e. The van der Waals surface area contributed by atoms with E-state index in [-0.39, 0.29) is 12.7 Å². The summed E-state index contributed by atoms with van der Waals surface area (Å²) in [6.45, 7) is 3.95. The molecule has 1 heterocycles. The number of aliphatic hydroxyl groups is 1. The summed E-state index contributed by atoms with van der Waals surface area (Å²) < 4.78 is 5.73. The summed E-state index contributed by atoms with van der Waals surface area (Å²) in [5.41, 5.74) is 3.96. The summed E-state index contributed by atoms with van der Waals surface area (Å²) in [6, 6.07) is 14.1. The Bertz CT molecular complexity index is 762. The van der Waals surface area contributed by atoms with Crippen LogP contribution in [0, 0.1) is 0 Å². The molecule has 1 aromatic heterocycles. The van der Waals surface area contributed by atoms with Gasteiger partial charge in [-0.1, -0.05) is 18.2 Å². The molecular weight excluding hydrogens is 264 g/mol. The monoisotopic (exact) mass is 282 g/mol. The van der Waals surface area contributed by atoms with Gasteiger partial charge in [0.2, 0.25) is 0 Å². The Morgan fingerprint density at radius 2 is 1.95 bits per heavy atom. The molecule has 0 aliphatic rings. The van der Waals surface area contributed by atoms with Gasteiger partial charge in [0.25, 0.3) is 0 Å². The highest BCUT2D eigenvalue weighted by Gasteiger charge is 2.06. The Labute approximate surface area is 123 Å². The van der Waals surface area contributed by atoms with Crippen molar-refractivity contribution in [2.45, 2.75) is 26.6 Å². The zero-order chi connectivity index (χ0) is 14.8. The molecule has 0 spiro atoms. The van der Waals surface area contributed by atoms with Crippen LogP contribution < -0.4 is 4.74 Å². The highest BCUT2D eigenvalue weighted by Crippen LogP contribution is 2.27. The van der Waals surface area contributed by atoms with Gasteiger partial charge >= 0.3 is 0 Å². The SMILES string of the molecule is CC(C)Oc1cccc(-c2ccc3nc(CO)[nH]c3c2)c1. The lowest BCUT2D eigenvalue weighted by atomic mass is 10.0. The maximum atomic E-state index is 9.13. The molecular formula is C17H18N2O2. The molecule has 3 rings (SSSR count). The second-order valence-corrected chi connectivity index (χ2v) is 5.27. The first-order valence-electron chi connectivity index (χ1n) is 7.02. The molecule has 21 heavy (non-hydrogen) atoms. The summed E-state index contributed by atoms with van der Waals surface area (Å²) in [6.07, 6.45) is 0.155. The van der Waals surface area contributed by atoms with Crippen LogP contribution in [-0.4, -0.2) is 21.2 Å². The minimum absolute atomic E-state index is 0.0816. The van der Waals surface area contributed by atoms with Gasteiger partial charge in [0.1, 0.15) is 18.2 Å². The summed E-state index contributed by atoms with van der Waals surface area (Å²) in [7, 11) is 0. The quantitative estimate of drug-likeness (QED) is 0.770. The lowest BCUT2D eigenvalue weighted by Gasteiger charge is -2.11. The third-order valence-electron chi connectivity index (χ3n) is 3.22. The number of hydrogen-bond donors (Lipinski definition) is 2. The van der Waals surface area contributed by atoms with Gasteiger partial charge in [-0.05, 0) is 49.2 Å². The molecule has 0 saturated heterocycles. The highest BCUT2D eigenvalue weighted by molar-refractivity contribution is 5.82. The molecule has 2 N–H and O–H groups in total. The van der Waals surface area contributed by atoms with E-state index in [1.165, 1.54) is 0 Å². The van der Waals surface area contributed by atoms with Crippen LogP contribution in [0.2, 0.25) is 0 Å². The highest BCUT2D eigenvalue weighted by atomic mass is 16.5. The molecule has 3 aromatic rings. The number of ether oxygens (including phenoxy) is 1. The minimum atomic E-state index is -0.0816. The third kappa shape index (κ3) is 2.90. The predicted molar refractivity (Wildman–Crippen MR) is 83.2 cm³/mol. The summed E-state index contributed by atoms with van der Waals surface area (Å²) in [4.78, 5) is 7.40. The number of imidazole rings is 1. The first-order chi connectivity index (χ1) is 10.2. The number of nitrogens with one attached hydrogen (secondary N) is 1. The van der Waals surface area contributed by atoms with Gasteiger partial charge in [-0.3, -0.25) is 0 Å². The smallest absolute Gasteiger partial charge is 0.133 e. The largest absolute Gasteiger partial charge is 0.491 e. The van der Waals surface area contributed by atoms with Crippen molar-refractivity contribution in [2.24, 2.45) is 0 Å². The molecule has 0 bridgehead atoms. The van der Waals surface area contributed by atoms with E-state index in [1.54, 1.807) is 0 Å². The summed E-state index contributed by atoms with van der Waals surface area (Å²) >= 11 is 0. The molecule has 2 aromatic carbocycles. The number of rotatable bonds is 4. The lowest BCUT2D eigenvalue weighted by Crippen LogP contribution is -2.05. The number of aliphatic hydroxyl groups excluding tert-OH is 1. The molecule has 0 aliphatic heterocycles. The fourth-order valence-electron chi connectivity index (χ4n) is 2.34. The summed E-state index contributed by atoms with van der Waals surface area (Å²) in [5.74, 6) is 1.45. The zero-order valence-corrected chi connectivity index (χ0v) is 12.1. The van der Waals surface area contributed by atoms with Crippen LogP contribution >= 0.6 is 0 Å². The third-order valence-corrected chi connectivity index (χ3v) is 3.22. The molecule has 0 radical (unpaired) electrons. The molecule has 0 aliphatic carbocycles. The van der Waals surface area contributed by atoms with E-state index in [9.17, 15) is 0 Å². The molecule has 0 fully saturated rings. The van der Waals surface area contributed by atoms with E-state index >= 15 is 0 Å². The van der Waals surface area contributed by atoms with E-state index < -0.39 is 0 Å². The Kier molecular flexibility index (Phi) is 3.62. The van der Waals surface area contributed by atoms with Crippen LogP contribution in [0.3, 0.4) is 0 Å². The van der Waals surface area contributed by atoms with E-state index in [1.807, 2.05) is 50.2 Å². The summed E-state index contributed by atoms with van der Waals surface area (Å²) in [5, 5.41) is 9.13. The normalized spacial score (nSPS) is 11.2. The van der Waals surface area contributed by atoms with Crippen LogP contribution in [0.4, 0.5) is 0 Å². The van der Waals surface area contributed by atoms with Crippen molar-refractivity contribution >= 4 is 11.0 Å². The van der Waals surface area contributed by atoms with Crippen molar-refractivity contribution in [1.29, 1.82) is 0 Å². The van der Waals surface area contributed by atoms with Crippen LogP contribution in [0.5, 0.6) is 5.75 Å². The van der Waals surface area contributed by atoms with Crippen molar-refractivity contribution in [1.82, 2.24) is 9.97 Å². The van der Waals surface area contributed by atoms with Crippen molar-refractivity contribution in [3.8, 4) is 16.9 Å². The van der Waals surface area contributed by atoms with Crippen molar-refractivity contribution in [3.63, 3.8) is 0 Å². The van der Waals surface area contributed by atoms with Crippen LogP contribution in [0.1, 0.15) is 19.7 Å². The standard InChI is InChI=1S/C17H18N2O2/c1-11(2)21-14-5-3-4-12(8-14)13-6-7-15-16(9-13)19-17(10-20)18-15/h3-9,11,20H,10H2,1-2H3,(H,18,19). The van der Waals surface area contributed by atoms with Gasteiger partial charge in [0.15, 0.2) is 0 Å². The van der Waals surface area contributed by atoms with Gasteiger partial charge in [0, 0.05) is 0 Å². The Hall–Kier alpha value is -2.33. The van der Waals surface area contributed by atoms with Crippen LogP contribution in [-0.2, 0) is 6.61 Å². The number of fused-ring (bicyclic) bond motifs is 1. The number of nitrogens with zero attached hydrogens (tertiary/aromatic N) is 1. The maximum absolute atomic E-state index is 9.13. The topological polar surface area (TPSA) is 58.1 Å². The second kappa shape index (κ2) is 5.58. The van der Waals surface area contributed by atoms with E-state index in [0.717, 1.165) is 27.9 Å². The van der Waals surface area contributed by atoms with Gasteiger partial charge in [-0.2, -0.15) is 0 Å². The van der Waals surface area contributed by atoms with Crippen LogP contribution in [0.15, 0.2) is 42.5 Å². The average Bonchev–Trinajstić information content (AvgIpc) is 2.89. The van der Waals surface area contributed by atoms with Gasteiger partial charge in [-0.25, -0.2) is 4.98 Å². The second-order valence-electron chi connectivity index (χ2n) is 5.27. The molecule has 4 heteroatoms. The first kappa shape index (κ1) is 13.6. The molecule has 4 nitrogen and oxygen atoms in total. The fraction of sp³-hybridized carbons (Fsp3) is 0.235. The first-order valence-corrected chi connectivity index (χ1v) is 7.02. The molecule has 0 atom stereocenters. The lowest BCUT2D eigenvalue weighted by molar-refractivity contribution is 0.242. The number of hydrogen-bond acceptors (Lipinski definition) is 3. The number of benzene rings is 2. The van der Waals surface area contributed by atoms with E-state index in [2.05, 4.69) is 16.0 Å². The maximum Gasteiger partial charge on any atom is 0.133 e. The Morgan fingerprint density at radius 3 is 2.71 bits per heavy atom.